The van der Waals surface area contributed by atoms with E-state index in [9.17, 15) is 0 Å². The van der Waals surface area contributed by atoms with Gasteiger partial charge in [0, 0.05) is 13.1 Å². The molecule has 0 saturated heterocycles. The van der Waals surface area contributed by atoms with Gasteiger partial charge in [0.05, 0.1) is 13.1 Å². The van der Waals surface area contributed by atoms with Gasteiger partial charge >= 0.3 is 0 Å². The fourth-order valence-electron chi connectivity index (χ4n) is 1.70. The van der Waals surface area contributed by atoms with Crippen molar-refractivity contribution in [2.75, 3.05) is 20.2 Å². The summed E-state index contributed by atoms with van der Waals surface area (Å²) in [6.07, 6.45) is 1.54. The summed E-state index contributed by atoms with van der Waals surface area (Å²) >= 11 is 0. The summed E-state index contributed by atoms with van der Waals surface area (Å²) in [5, 5.41) is 10.1. The third-order valence-corrected chi connectivity index (χ3v) is 2.84. The Kier molecular flexibility index (Phi) is 8.34. The monoisotopic (exact) mass is 416 g/mol. The van der Waals surface area contributed by atoms with E-state index >= 15 is 0 Å². The van der Waals surface area contributed by atoms with E-state index < -0.39 is 0 Å². The van der Waals surface area contributed by atoms with E-state index in [0.29, 0.717) is 25.7 Å². The smallest absolute Gasteiger partial charge is 0.191 e. The molecule has 1 aromatic carbocycles. The average Bonchev–Trinajstić information content (AvgIpc) is 3.02. The number of benzene rings is 1. The Morgan fingerprint density at radius 3 is 2.64 bits per heavy atom. The summed E-state index contributed by atoms with van der Waals surface area (Å²) in [4.78, 5) is 4.12. The molecule has 0 aliphatic rings. The van der Waals surface area contributed by atoms with Crippen LogP contribution in [0.1, 0.15) is 11.3 Å². The number of hydrogen-bond acceptors (Lipinski definition) is 4. The van der Waals surface area contributed by atoms with Crippen molar-refractivity contribution in [1.82, 2.24) is 15.8 Å². The summed E-state index contributed by atoms with van der Waals surface area (Å²) in [7, 11) is 1.72. The first-order chi connectivity index (χ1) is 10.3. The minimum atomic E-state index is 0. The standard InChI is InChI=1S/C15H20N4O2.HI/c1-12-3-5-14(6-4-12)20-10-8-17-15(16-2)18-11-13-7-9-21-19-13;/h3-7,9H,8,10-11H2,1-2H3,(H2,16,17,18);1H. The van der Waals surface area contributed by atoms with Crippen LogP contribution in [0, 0.1) is 6.92 Å². The van der Waals surface area contributed by atoms with Crippen molar-refractivity contribution in [1.29, 1.82) is 0 Å². The summed E-state index contributed by atoms with van der Waals surface area (Å²) in [5.74, 6) is 1.57. The molecule has 7 heteroatoms. The van der Waals surface area contributed by atoms with Crippen LogP contribution in [0.2, 0.25) is 0 Å². The Morgan fingerprint density at radius 1 is 1.23 bits per heavy atom. The average molecular weight is 416 g/mol. The third-order valence-electron chi connectivity index (χ3n) is 2.84. The van der Waals surface area contributed by atoms with Crippen LogP contribution in [0.5, 0.6) is 5.75 Å². The molecule has 0 fully saturated rings. The summed E-state index contributed by atoms with van der Waals surface area (Å²) in [6, 6.07) is 9.79. The molecular formula is C15H21IN4O2. The molecule has 0 unspecified atom stereocenters. The molecule has 0 aliphatic heterocycles. The SMILES string of the molecule is CN=C(NCCOc1ccc(C)cc1)NCc1ccon1.I. The van der Waals surface area contributed by atoms with Gasteiger partial charge in [-0.1, -0.05) is 22.9 Å². The fourth-order valence-corrected chi connectivity index (χ4v) is 1.70. The highest BCUT2D eigenvalue weighted by Crippen LogP contribution is 2.10. The van der Waals surface area contributed by atoms with Crippen molar-refractivity contribution in [3.63, 3.8) is 0 Å². The van der Waals surface area contributed by atoms with Crippen LogP contribution in [-0.2, 0) is 6.54 Å². The van der Waals surface area contributed by atoms with Gasteiger partial charge in [0.2, 0.25) is 0 Å². The van der Waals surface area contributed by atoms with E-state index in [1.165, 1.54) is 5.56 Å². The lowest BCUT2D eigenvalue weighted by molar-refractivity contribution is 0.322. The first kappa shape index (κ1) is 18.3. The minimum Gasteiger partial charge on any atom is -0.492 e. The summed E-state index contributed by atoms with van der Waals surface area (Å²) < 4.78 is 10.4. The van der Waals surface area contributed by atoms with Crippen molar-refractivity contribution in [3.8, 4) is 5.75 Å². The molecule has 1 aromatic heterocycles. The Bertz CT molecular complexity index is 555. The van der Waals surface area contributed by atoms with Crippen molar-refractivity contribution >= 4 is 29.9 Å². The second-order valence-electron chi connectivity index (χ2n) is 4.50. The molecule has 0 amide bonds. The predicted octanol–water partition coefficient (Wildman–Crippen LogP) is 2.35. The lowest BCUT2D eigenvalue weighted by Gasteiger charge is -2.11. The molecule has 0 spiro atoms. The Balaban J connectivity index is 0.00000242. The van der Waals surface area contributed by atoms with Gasteiger partial charge in [-0.05, 0) is 19.1 Å². The first-order valence-electron chi connectivity index (χ1n) is 6.81. The summed E-state index contributed by atoms with van der Waals surface area (Å²) in [6.45, 7) is 3.84. The normalized spacial score (nSPS) is 10.7. The number of nitrogens with one attached hydrogen (secondary N) is 2. The van der Waals surface area contributed by atoms with E-state index in [4.69, 9.17) is 9.26 Å². The maximum Gasteiger partial charge on any atom is 0.191 e. The lowest BCUT2D eigenvalue weighted by Crippen LogP contribution is -2.38. The number of hydrogen-bond donors (Lipinski definition) is 2. The Hall–Kier alpha value is -1.77. The molecule has 1 heterocycles. The first-order valence-corrected chi connectivity index (χ1v) is 6.81. The molecule has 2 aromatic rings. The second-order valence-corrected chi connectivity index (χ2v) is 4.50. The van der Waals surface area contributed by atoms with Gasteiger partial charge in [-0.25, -0.2) is 0 Å². The highest BCUT2D eigenvalue weighted by atomic mass is 127. The Morgan fingerprint density at radius 2 is 2.00 bits per heavy atom. The number of aromatic nitrogens is 1. The van der Waals surface area contributed by atoms with E-state index in [1.54, 1.807) is 19.4 Å². The zero-order valence-electron chi connectivity index (χ0n) is 12.7. The molecule has 0 radical (unpaired) electrons. The predicted molar refractivity (Wildman–Crippen MR) is 96.8 cm³/mol. The lowest BCUT2D eigenvalue weighted by atomic mass is 10.2. The largest absolute Gasteiger partial charge is 0.492 e. The Labute approximate surface area is 147 Å². The molecule has 2 N–H and O–H groups in total. The van der Waals surface area contributed by atoms with E-state index in [2.05, 4.69) is 27.7 Å². The van der Waals surface area contributed by atoms with E-state index in [0.717, 1.165) is 11.4 Å². The van der Waals surface area contributed by atoms with E-state index in [1.807, 2.05) is 24.3 Å². The number of aryl methyl sites for hydroxylation is 1. The van der Waals surface area contributed by atoms with Crippen molar-refractivity contribution in [2.24, 2.45) is 4.99 Å². The third kappa shape index (κ3) is 6.33. The van der Waals surface area contributed by atoms with Crippen molar-refractivity contribution in [3.05, 3.63) is 47.9 Å². The van der Waals surface area contributed by atoms with Crippen molar-refractivity contribution in [2.45, 2.75) is 13.5 Å². The number of halogens is 1. The number of ether oxygens (including phenoxy) is 1. The zero-order chi connectivity index (χ0) is 14.9. The fraction of sp³-hybridized carbons (Fsp3) is 0.333. The van der Waals surface area contributed by atoms with Gasteiger partial charge in [-0.2, -0.15) is 0 Å². The quantitative estimate of drug-likeness (QED) is 0.328. The number of aliphatic imine (C=N–C) groups is 1. The van der Waals surface area contributed by atoms with Crippen LogP contribution in [0.15, 0.2) is 46.1 Å². The maximum atomic E-state index is 5.63. The highest BCUT2D eigenvalue weighted by Gasteiger charge is 2.00. The maximum absolute atomic E-state index is 5.63. The zero-order valence-corrected chi connectivity index (χ0v) is 15.0. The van der Waals surface area contributed by atoms with Crippen molar-refractivity contribution < 1.29 is 9.26 Å². The van der Waals surface area contributed by atoms with Crippen LogP contribution in [-0.4, -0.2) is 31.3 Å². The summed E-state index contributed by atoms with van der Waals surface area (Å²) in [5.41, 5.74) is 2.05. The van der Waals surface area contributed by atoms with Crippen LogP contribution < -0.4 is 15.4 Å². The van der Waals surface area contributed by atoms with Gasteiger partial charge in [-0.15, -0.1) is 24.0 Å². The molecule has 0 saturated carbocycles. The molecule has 120 valence electrons. The molecule has 6 nitrogen and oxygen atoms in total. The number of nitrogens with zero attached hydrogens (tertiary/aromatic N) is 2. The highest BCUT2D eigenvalue weighted by molar-refractivity contribution is 14.0. The van der Waals surface area contributed by atoms with Crippen LogP contribution >= 0.6 is 24.0 Å². The van der Waals surface area contributed by atoms with Crippen LogP contribution in [0.25, 0.3) is 0 Å². The van der Waals surface area contributed by atoms with Crippen LogP contribution in [0.4, 0.5) is 0 Å². The molecule has 0 bridgehead atoms. The topological polar surface area (TPSA) is 71.7 Å². The molecule has 2 rings (SSSR count). The van der Waals surface area contributed by atoms with Gasteiger partial charge in [-0.3, -0.25) is 4.99 Å². The van der Waals surface area contributed by atoms with Gasteiger partial charge in [0.15, 0.2) is 5.96 Å². The molecular weight excluding hydrogens is 395 g/mol. The van der Waals surface area contributed by atoms with Gasteiger partial charge < -0.3 is 19.9 Å². The van der Waals surface area contributed by atoms with E-state index in [-0.39, 0.29) is 24.0 Å². The minimum absolute atomic E-state index is 0. The molecule has 0 aliphatic carbocycles. The van der Waals surface area contributed by atoms with Gasteiger partial charge in [0.25, 0.3) is 0 Å². The second kappa shape index (κ2) is 10.0. The molecule has 0 atom stereocenters. The van der Waals surface area contributed by atoms with Gasteiger partial charge in [0.1, 0.15) is 24.3 Å². The number of rotatable bonds is 6. The number of guanidine groups is 1. The van der Waals surface area contributed by atoms with Crippen LogP contribution in [0.3, 0.4) is 0 Å². The molecule has 22 heavy (non-hydrogen) atoms.